The molecule has 2 rings (SSSR count). The maximum Gasteiger partial charge on any atom is 0.119 e. The lowest BCUT2D eigenvalue weighted by Gasteiger charge is -2.35. The predicted molar refractivity (Wildman–Crippen MR) is 95.8 cm³/mol. The topological polar surface area (TPSA) is 41.9 Å². The summed E-state index contributed by atoms with van der Waals surface area (Å²) < 4.78 is 12.1. The third kappa shape index (κ3) is 7.21. The molecule has 0 amide bonds. The molecule has 4 nitrogen and oxygen atoms in total. The van der Waals surface area contributed by atoms with Crippen molar-refractivity contribution in [2.24, 2.45) is 11.8 Å². The van der Waals surface area contributed by atoms with Crippen molar-refractivity contribution in [3.8, 4) is 5.75 Å². The van der Waals surface area contributed by atoms with Crippen LogP contribution in [0.5, 0.6) is 5.75 Å². The van der Waals surface area contributed by atoms with Gasteiger partial charge in [-0.15, -0.1) is 0 Å². The van der Waals surface area contributed by atoms with Crippen LogP contribution in [0.15, 0.2) is 28.7 Å². The number of ether oxygens (including phenoxy) is 2. The fraction of sp³-hybridized carbons (Fsp3) is 0.667. The van der Waals surface area contributed by atoms with Crippen molar-refractivity contribution in [2.45, 2.75) is 26.4 Å². The summed E-state index contributed by atoms with van der Waals surface area (Å²) in [7, 11) is 0. The van der Waals surface area contributed by atoms with Gasteiger partial charge in [-0.25, -0.2) is 0 Å². The SMILES string of the molecule is C[C@@H]1C[C@@H](C)CN(C[C@@H](O)COCCOc2ccc(Br)cc2)C1. The molecule has 5 heteroatoms. The second-order valence-corrected chi connectivity index (χ2v) is 7.61. The minimum absolute atomic E-state index is 0.364. The zero-order chi connectivity index (χ0) is 16.7. The van der Waals surface area contributed by atoms with Crippen molar-refractivity contribution in [2.75, 3.05) is 39.5 Å². The van der Waals surface area contributed by atoms with Crippen LogP contribution in [0, 0.1) is 11.8 Å². The molecule has 0 radical (unpaired) electrons. The number of hydrogen-bond acceptors (Lipinski definition) is 4. The van der Waals surface area contributed by atoms with Gasteiger partial charge in [-0.3, -0.25) is 0 Å². The zero-order valence-corrected chi connectivity index (χ0v) is 15.7. The molecule has 1 aromatic rings. The molecule has 0 unspecified atom stereocenters. The van der Waals surface area contributed by atoms with Crippen molar-refractivity contribution in [3.05, 3.63) is 28.7 Å². The van der Waals surface area contributed by atoms with Gasteiger partial charge in [0.05, 0.1) is 19.3 Å². The summed E-state index contributed by atoms with van der Waals surface area (Å²) in [6.07, 6.45) is 0.858. The largest absolute Gasteiger partial charge is 0.491 e. The Hall–Kier alpha value is -0.620. The van der Waals surface area contributed by atoms with E-state index in [1.807, 2.05) is 24.3 Å². The van der Waals surface area contributed by atoms with Crippen LogP contribution in [0.1, 0.15) is 20.3 Å². The first-order valence-electron chi connectivity index (χ1n) is 8.39. The Morgan fingerprint density at radius 3 is 2.48 bits per heavy atom. The number of halogens is 1. The molecule has 1 heterocycles. The number of aliphatic hydroxyl groups is 1. The van der Waals surface area contributed by atoms with E-state index in [1.165, 1.54) is 6.42 Å². The Morgan fingerprint density at radius 1 is 1.17 bits per heavy atom. The van der Waals surface area contributed by atoms with Crippen LogP contribution in [-0.2, 0) is 4.74 Å². The van der Waals surface area contributed by atoms with Gasteiger partial charge in [0.25, 0.3) is 0 Å². The van der Waals surface area contributed by atoms with E-state index in [0.717, 1.165) is 23.3 Å². The second kappa shape index (κ2) is 9.62. The predicted octanol–water partition coefficient (Wildman–Crippen LogP) is 3.18. The van der Waals surface area contributed by atoms with Crippen LogP contribution in [0.4, 0.5) is 0 Å². The second-order valence-electron chi connectivity index (χ2n) is 6.70. The molecule has 1 aromatic carbocycles. The van der Waals surface area contributed by atoms with Crippen molar-refractivity contribution in [3.63, 3.8) is 0 Å². The molecular weight excluding hydrogens is 358 g/mol. The van der Waals surface area contributed by atoms with Crippen LogP contribution >= 0.6 is 15.9 Å². The van der Waals surface area contributed by atoms with E-state index in [-0.39, 0.29) is 0 Å². The standard InChI is InChI=1S/C18H28BrNO3/c1-14-9-15(2)11-20(10-14)12-17(21)13-22-7-8-23-18-5-3-16(19)4-6-18/h3-6,14-15,17,21H,7-13H2,1-2H3/t14-,15-,17-/m1/s1. The third-order valence-corrected chi connectivity index (χ3v) is 4.56. The summed E-state index contributed by atoms with van der Waals surface area (Å²) in [5, 5.41) is 10.1. The van der Waals surface area contributed by atoms with Crippen LogP contribution < -0.4 is 4.74 Å². The van der Waals surface area contributed by atoms with E-state index >= 15 is 0 Å². The highest BCUT2D eigenvalue weighted by Gasteiger charge is 2.23. The molecule has 0 aliphatic carbocycles. The van der Waals surface area contributed by atoms with Gasteiger partial charge in [0.2, 0.25) is 0 Å². The van der Waals surface area contributed by atoms with Crippen LogP contribution in [-0.4, -0.2) is 55.6 Å². The highest BCUT2D eigenvalue weighted by molar-refractivity contribution is 9.10. The smallest absolute Gasteiger partial charge is 0.119 e. The van der Waals surface area contributed by atoms with Crippen molar-refractivity contribution < 1.29 is 14.6 Å². The van der Waals surface area contributed by atoms with Gasteiger partial charge in [-0.1, -0.05) is 29.8 Å². The lowest BCUT2D eigenvalue weighted by atomic mass is 9.92. The molecule has 0 bridgehead atoms. The highest BCUT2D eigenvalue weighted by Crippen LogP contribution is 2.21. The Morgan fingerprint density at radius 2 is 1.83 bits per heavy atom. The van der Waals surface area contributed by atoms with Crippen molar-refractivity contribution in [1.29, 1.82) is 0 Å². The summed E-state index contributed by atoms with van der Waals surface area (Å²) in [6, 6.07) is 7.72. The van der Waals surface area contributed by atoms with E-state index in [9.17, 15) is 5.11 Å². The number of aliphatic hydroxyl groups excluding tert-OH is 1. The molecule has 0 spiro atoms. The maximum absolute atomic E-state index is 10.1. The third-order valence-electron chi connectivity index (χ3n) is 4.03. The molecule has 1 aliphatic rings. The lowest BCUT2D eigenvalue weighted by Crippen LogP contribution is -2.43. The molecule has 130 valence electrons. The normalized spacial score (nSPS) is 23.7. The zero-order valence-electron chi connectivity index (χ0n) is 14.1. The summed E-state index contributed by atoms with van der Waals surface area (Å²) in [5.74, 6) is 2.26. The molecular formula is C18H28BrNO3. The monoisotopic (exact) mass is 385 g/mol. The van der Waals surface area contributed by atoms with E-state index in [0.29, 0.717) is 38.2 Å². The van der Waals surface area contributed by atoms with Gasteiger partial charge in [-0.2, -0.15) is 0 Å². The first-order valence-corrected chi connectivity index (χ1v) is 9.18. The molecule has 0 saturated carbocycles. The lowest BCUT2D eigenvalue weighted by molar-refractivity contribution is -0.00211. The molecule has 3 atom stereocenters. The summed E-state index contributed by atoms with van der Waals surface area (Å²) in [6.45, 7) is 8.76. The number of β-amino-alcohol motifs (C(OH)–C–C–N with tert-alkyl or cyclic N) is 1. The van der Waals surface area contributed by atoms with E-state index < -0.39 is 6.10 Å². The number of rotatable bonds is 8. The molecule has 23 heavy (non-hydrogen) atoms. The van der Waals surface area contributed by atoms with Gasteiger partial charge in [0.1, 0.15) is 12.4 Å². The van der Waals surface area contributed by atoms with Crippen LogP contribution in [0.3, 0.4) is 0 Å². The summed E-state index contributed by atoms with van der Waals surface area (Å²) >= 11 is 3.39. The quantitative estimate of drug-likeness (QED) is 0.697. The van der Waals surface area contributed by atoms with Crippen LogP contribution in [0.25, 0.3) is 0 Å². The van der Waals surface area contributed by atoms with Gasteiger partial charge in [0.15, 0.2) is 0 Å². The summed E-state index contributed by atoms with van der Waals surface area (Å²) in [5.41, 5.74) is 0. The number of hydrogen-bond donors (Lipinski definition) is 1. The summed E-state index contributed by atoms with van der Waals surface area (Å²) in [4.78, 5) is 2.35. The minimum Gasteiger partial charge on any atom is -0.491 e. The van der Waals surface area contributed by atoms with Gasteiger partial charge in [0, 0.05) is 24.1 Å². The average molecular weight is 386 g/mol. The number of nitrogens with zero attached hydrogens (tertiary/aromatic N) is 1. The van der Waals surface area contributed by atoms with Crippen LogP contribution in [0.2, 0.25) is 0 Å². The Balaban J connectivity index is 1.56. The van der Waals surface area contributed by atoms with Gasteiger partial charge in [-0.05, 0) is 42.5 Å². The van der Waals surface area contributed by atoms with E-state index in [2.05, 4.69) is 34.7 Å². The molecule has 0 aromatic heterocycles. The number of piperidine rings is 1. The Labute approximate surface area is 147 Å². The van der Waals surface area contributed by atoms with Gasteiger partial charge >= 0.3 is 0 Å². The van der Waals surface area contributed by atoms with Crippen molar-refractivity contribution in [1.82, 2.24) is 4.90 Å². The fourth-order valence-electron chi connectivity index (χ4n) is 3.26. The molecule has 1 saturated heterocycles. The first-order chi connectivity index (χ1) is 11.0. The average Bonchev–Trinajstić information content (AvgIpc) is 2.47. The van der Waals surface area contributed by atoms with E-state index in [1.54, 1.807) is 0 Å². The van der Waals surface area contributed by atoms with Crippen molar-refractivity contribution >= 4 is 15.9 Å². The Kier molecular flexibility index (Phi) is 7.83. The molecule has 1 fully saturated rings. The fourth-order valence-corrected chi connectivity index (χ4v) is 3.52. The first kappa shape index (κ1) is 18.7. The van der Waals surface area contributed by atoms with E-state index in [4.69, 9.17) is 9.47 Å². The highest BCUT2D eigenvalue weighted by atomic mass is 79.9. The molecule has 1 N–H and O–H groups in total. The maximum atomic E-state index is 10.1. The number of likely N-dealkylation sites (tertiary alicyclic amines) is 1. The molecule has 1 aliphatic heterocycles. The Bertz CT molecular complexity index is 444. The van der Waals surface area contributed by atoms with Gasteiger partial charge < -0.3 is 19.5 Å². The number of benzene rings is 1. The minimum atomic E-state index is -0.430.